The minimum absolute atomic E-state index is 0.324. The molecular formula is C9H14BrNS. The fourth-order valence-electron chi connectivity index (χ4n) is 0.941. The summed E-state index contributed by atoms with van der Waals surface area (Å²) >= 11 is 5.27. The van der Waals surface area contributed by atoms with Crippen LogP contribution in [0.15, 0.2) is 5.38 Å². The first-order valence-electron chi connectivity index (χ1n) is 4.00. The summed E-state index contributed by atoms with van der Waals surface area (Å²) < 4.78 is 0. The first kappa shape index (κ1) is 10.2. The highest BCUT2D eigenvalue weighted by Gasteiger charge is 2.18. The van der Waals surface area contributed by atoms with Gasteiger partial charge in [-0.25, -0.2) is 4.98 Å². The summed E-state index contributed by atoms with van der Waals surface area (Å²) in [7, 11) is 0. The molecule has 0 radical (unpaired) electrons. The lowest BCUT2D eigenvalue weighted by molar-refractivity contribution is 0.424. The van der Waals surface area contributed by atoms with E-state index < -0.39 is 0 Å². The molecule has 0 aliphatic carbocycles. The van der Waals surface area contributed by atoms with Crippen LogP contribution in [0.4, 0.5) is 0 Å². The number of hydrogen-bond acceptors (Lipinski definition) is 2. The van der Waals surface area contributed by atoms with Gasteiger partial charge in [0, 0.05) is 22.8 Å². The van der Waals surface area contributed by atoms with Crippen molar-refractivity contribution in [3.05, 3.63) is 16.1 Å². The number of thiazole rings is 1. The van der Waals surface area contributed by atoms with E-state index in [1.807, 2.05) is 6.92 Å². The summed E-state index contributed by atoms with van der Waals surface area (Å²) in [6, 6.07) is 0. The normalized spacial score (nSPS) is 12.0. The Morgan fingerprint density at radius 3 is 2.67 bits per heavy atom. The van der Waals surface area contributed by atoms with E-state index in [9.17, 15) is 0 Å². The molecule has 68 valence electrons. The standard InChI is InChI=1S/C9H14BrNS/c1-7-5-12-8(11-7)4-9(2,3)6-10/h5H,4,6H2,1-3H3. The van der Waals surface area contributed by atoms with Gasteiger partial charge in [-0.3, -0.25) is 0 Å². The SMILES string of the molecule is Cc1csc(CC(C)(C)CBr)n1. The van der Waals surface area contributed by atoms with Gasteiger partial charge in [0.1, 0.15) is 0 Å². The van der Waals surface area contributed by atoms with Crippen LogP contribution in [-0.4, -0.2) is 10.3 Å². The highest BCUT2D eigenvalue weighted by Crippen LogP contribution is 2.25. The van der Waals surface area contributed by atoms with Gasteiger partial charge >= 0.3 is 0 Å². The molecule has 0 fully saturated rings. The zero-order valence-corrected chi connectivity index (χ0v) is 10.1. The molecule has 3 heteroatoms. The second-order valence-electron chi connectivity index (χ2n) is 3.86. The van der Waals surface area contributed by atoms with Gasteiger partial charge < -0.3 is 0 Å². The maximum atomic E-state index is 4.44. The van der Waals surface area contributed by atoms with Crippen LogP contribution < -0.4 is 0 Å². The topological polar surface area (TPSA) is 12.9 Å². The number of aromatic nitrogens is 1. The third-order valence-corrected chi connectivity index (χ3v) is 4.14. The maximum absolute atomic E-state index is 4.44. The summed E-state index contributed by atoms with van der Waals surface area (Å²) in [5.41, 5.74) is 1.46. The van der Waals surface area contributed by atoms with E-state index in [-0.39, 0.29) is 0 Å². The van der Waals surface area contributed by atoms with E-state index in [1.165, 1.54) is 5.01 Å². The van der Waals surface area contributed by atoms with Crippen LogP contribution in [0, 0.1) is 12.3 Å². The lowest BCUT2D eigenvalue weighted by atomic mass is 9.93. The smallest absolute Gasteiger partial charge is 0.0933 e. The molecule has 0 bridgehead atoms. The first-order valence-corrected chi connectivity index (χ1v) is 6.00. The molecule has 0 aliphatic rings. The predicted octanol–water partition coefficient (Wildman–Crippen LogP) is 3.42. The van der Waals surface area contributed by atoms with Gasteiger partial charge in [0.2, 0.25) is 0 Å². The summed E-state index contributed by atoms with van der Waals surface area (Å²) in [5, 5.41) is 4.38. The highest BCUT2D eigenvalue weighted by atomic mass is 79.9. The Hall–Kier alpha value is 0.110. The van der Waals surface area contributed by atoms with Crippen molar-refractivity contribution in [2.45, 2.75) is 27.2 Å². The third kappa shape index (κ3) is 2.87. The summed E-state index contributed by atoms with van der Waals surface area (Å²) in [6.45, 7) is 6.54. The molecule has 1 aromatic heterocycles. The molecule has 0 amide bonds. The maximum Gasteiger partial charge on any atom is 0.0933 e. The van der Waals surface area contributed by atoms with Gasteiger partial charge in [-0.1, -0.05) is 29.8 Å². The van der Waals surface area contributed by atoms with E-state index >= 15 is 0 Å². The van der Waals surface area contributed by atoms with Crippen LogP contribution in [0.1, 0.15) is 24.5 Å². The van der Waals surface area contributed by atoms with E-state index in [1.54, 1.807) is 11.3 Å². The van der Waals surface area contributed by atoms with Gasteiger partial charge in [-0.15, -0.1) is 11.3 Å². The van der Waals surface area contributed by atoms with Crippen LogP contribution >= 0.6 is 27.3 Å². The van der Waals surface area contributed by atoms with Crippen molar-refractivity contribution in [2.75, 3.05) is 5.33 Å². The molecule has 0 aromatic carbocycles. The van der Waals surface area contributed by atoms with Crippen molar-refractivity contribution in [3.8, 4) is 0 Å². The number of nitrogens with zero attached hydrogens (tertiary/aromatic N) is 1. The van der Waals surface area contributed by atoms with E-state index in [0.29, 0.717) is 5.41 Å². The molecule has 1 heterocycles. The number of halogens is 1. The summed E-state index contributed by atoms with van der Waals surface area (Å²) in [5.74, 6) is 0. The lowest BCUT2D eigenvalue weighted by Crippen LogP contribution is -2.16. The van der Waals surface area contributed by atoms with Crippen molar-refractivity contribution in [2.24, 2.45) is 5.41 Å². The lowest BCUT2D eigenvalue weighted by Gasteiger charge is -2.19. The number of rotatable bonds is 3. The Bertz CT molecular complexity index is 255. The van der Waals surface area contributed by atoms with Crippen LogP contribution in [0.5, 0.6) is 0 Å². The Kier molecular flexibility index (Phi) is 3.29. The van der Waals surface area contributed by atoms with Gasteiger partial charge in [0.05, 0.1) is 5.01 Å². The predicted molar refractivity (Wildman–Crippen MR) is 58.1 cm³/mol. The van der Waals surface area contributed by atoms with Gasteiger partial charge in [0.25, 0.3) is 0 Å². The van der Waals surface area contributed by atoms with Crippen LogP contribution in [0.2, 0.25) is 0 Å². The minimum Gasteiger partial charge on any atom is -0.247 e. The Labute approximate surface area is 86.3 Å². The molecule has 0 atom stereocenters. The molecule has 0 spiro atoms. The van der Waals surface area contributed by atoms with E-state index in [2.05, 4.69) is 40.1 Å². The molecular weight excluding hydrogens is 234 g/mol. The quantitative estimate of drug-likeness (QED) is 0.747. The molecule has 12 heavy (non-hydrogen) atoms. The van der Waals surface area contributed by atoms with Crippen molar-refractivity contribution in [3.63, 3.8) is 0 Å². The fourth-order valence-corrected chi connectivity index (χ4v) is 2.17. The second-order valence-corrected chi connectivity index (χ2v) is 5.36. The first-order chi connectivity index (χ1) is 5.53. The van der Waals surface area contributed by atoms with Crippen LogP contribution in [-0.2, 0) is 6.42 Å². The zero-order valence-electron chi connectivity index (χ0n) is 7.72. The van der Waals surface area contributed by atoms with Gasteiger partial charge in [0.15, 0.2) is 0 Å². The Balaban J connectivity index is 2.63. The molecule has 0 aliphatic heterocycles. The van der Waals surface area contributed by atoms with E-state index in [4.69, 9.17) is 0 Å². The average Bonchev–Trinajstić information content (AvgIpc) is 2.35. The Morgan fingerprint density at radius 1 is 1.58 bits per heavy atom. The van der Waals surface area contributed by atoms with Crippen LogP contribution in [0.3, 0.4) is 0 Å². The third-order valence-electron chi connectivity index (χ3n) is 1.66. The van der Waals surface area contributed by atoms with Gasteiger partial charge in [-0.05, 0) is 12.3 Å². The monoisotopic (exact) mass is 247 g/mol. The number of hydrogen-bond donors (Lipinski definition) is 0. The molecule has 1 nitrogen and oxygen atoms in total. The summed E-state index contributed by atoms with van der Waals surface area (Å²) in [4.78, 5) is 4.44. The van der Waals surface area contributed by atoms with E-state index in [0.717, 1.165) is 17.4 Å². The fraction of sp³-hybridized carbons (Fsp3) is 0.667. The molecule has 0 saturated heterocycles. The van der Waals surface area contributed by atoms with Crippen molar-refractivity contribution < 1.29 is 0 Å². The number of aryl methyl sites for hydroxylation is 1. The van der Waals surface area contributed by atoms with Crippen molar-refractivity contribution >= 4 is 27.3 Å². The molecule has 0 N–H and O–H groups in total. The molecule has 0 unspecified atom stereocenters. The molecule has 1 rings (SSSR count). The largest absolute Gasteiger partial charge is 0.247 e. The zero-order chi connectivity index (χ0) is 9.19. The average molecular weight is 248 g/mol. The summed E-state index contributed by atoms with van der Waals surface area (Å²) in [6.07, 6.45) is 1.07. The highest BCUT2D eigenvalue weighted by molar-refractivity contribution is 9.09. The van der Waals surface area contributed by atoms with Gasteiger partial charge in [-0.2, -0.15) is 0 Å². The molecule has 0 saturated carbocycles. The van der Waals surface area contributed by atoms with Crippen LogP contribution in [0.25, 0.3) is 0 Å². The second kappa shape index (κ2) is 3.88. The number of alkyl halides is 1. The Morgan fingerprint density at radius 2 is 2.25 bits per heavy atom. The molecule has 1 aromatic rings. The minimum atomic E-state index is 0.324. The van der Waals surface area contributed by atoms with Crippen molar-refractivity contribution in [1.29, 1.82) is 0 Å². The van der Waals surface area contributed by atoms with Crippen molar-refractivity contribution in [1.82, 2.24) is 4.98 Å².